The monoisotopic (exact) mass is 319 g/mol. The maximum absolute atomic E-state index is 12.7. The van der Waals surface area contributed by atoms with Gasteiger partial charge < -0.3 is 9.15 Å². The van der Waals surface area contributed by atoms with Gasteiger partial charge in [-0.15, -0.1) is 0 Å². The predicted octanol–water partition coefficient (Wildman–Crippen LogP) is 2.14. The van der Waals surface area contributed by atoms with Crippen LogP contribution >= 0.6 is 0 Å². The Bertz CT molecular complexity index is 780. The van der Waals surface area contributed by atoms with Crippen LogP contribution in [0.1, 0.15) is 17.5 Å². The quantitative estimate of drug-likeness (QED) is 0.851. The van der Waals surface area contributed by atoms with Gasteiger partial charge in [-0.25, -0.2) is 8.42 Å². The Morgan fingerprint density at radius 2 is 2.00 bits per heavy atom. The van der Waals surface area contributed by atoms with Crippen molar-refractivity contribution in [2.45, 2.75) is 23.5 Å². The summed E-state index contributed by atoms with van der Waals surface area (Å²) in [5.41, 5.74) is 1.85. The summed E-state index contributed by atoms with van der Waals surface area (Å²) in [6, 6.07) is 11.2. The topological polar surface area (TPSA) is 59.8 Å². The first-order valence-corrected chi connectivity index (χ1v) is 8.82. The van der Waals surface area contributed by atoms with Crippen LogP contribution in [-0.4, -0.2) is 32.4 Å². The average molecular weight is 319 g/mol. The number of morpholine rings is 1. The second kappa shape index (κ2) is 4.94. The van der Waals surface area contributed by atoms with Crippen molar-refractivity contribution in [2.75, 3.05) is 19.7 Å². The smallest absolute Gasteiger partial charge is 0.276 e. The van der Waals surface area contributed by atoms with Gasteiger partial charge in [-0.3, -0.25) is 0 Å². The first-order chi connectivity index (χ1) is 10.6. The van der Waals surface area contributed by atoms with Crippen molar-refractivity contribution >= 4 is 10.0 Å². The van der Waals surface area contributed by atoms with Crippen LogP contribution < -0.4 is 0 Å². The Balaban J connectivity index is 1.70. The highest BCUT2D eigenvalue weighted by Gasteiger charge is 2.46. The molecule has 1 saturated heterocycles. The summed E-state index contributed by atoms with van der Waals surface area (Å²) in [6.45, 7) is 1.09. The Hall–Kier alpha value is -1.63. The normalized spacial score (nSPS) is 25.5. The van der Waals surface area contributed by atoms with Crippen LogP contribution in [0, 0.1) is 0 Å². The number of aryl methyl sites for hydroxylation is 1. The van der Waals surface area contributed by atoms with Crippen LogP contribution in [0.2, 0.25) is 0 Å². The van der Waals surface area contributed by atoms with E-state index >= 15 is 0 Å². The second-order valence-electron chi connectivity index (χ2n) is 5.77. The second-order valence-corrected chi connectivity index (χ2v) is 7.64. The van der Waals surface area contributed by atoms with Gasteiger partial charge in [-0.05, 0) is 36.1 Å². The first kappa shape index (κ1) is 14.0. The van der Waals surface area contributed by atoms with E-state index in [0.717, 1.165) is 18.4 Å². The molecule has 2 aromatic rings. The standard InChI is InChI=1S/C16H17NO4S/c18-22(19,15-6-3-10-20-15)17-9-11-21-16(12-17)8-7-13-4-1-2-5-14(13)16/h1-6,10H,7-9,11-12H2/t16-/m1/s1. The number of hydrogen-bond donors (Lipinski definition) is 0. The molecule has 1 atom stereocenters. The zero-order valence-corrected chi connectivity index (χ0v) is 12.9. The predicted molar refractivity (Wildman–Crippen MR) is 79.9 cm³/mol. The van der Waals surface area contributed by atoms with Gasteiger partial charge in [-0.1, -0.05) is 24.3 Å². The molecule has 0 saturated carbocycles. The average Bonchev–Trinajstić information content (AvgIpc) is 3.18. The van der Waals surface area contributed by atoms with Gasteiger partial charge in [0.2, 0.25) is 5.09 Å². The van der Waals surface area contributed by atoms with Gasteiger partial charge in [0.1, 0.15) is 5.60 Å². The van der Waals surface area contributed by atoms with Gasteiger partial charge in [0.25, 0.3) is 10.0 Å². The molecule has 0 unspecified atom stereocenters. The number of ether oxygens (including phenoxy) is 1. The van der Waals surface area contributed by atoms with E-state index < -0.39 is 15.6 Å². The number of sulfonamides is 1. The molecule has 116 valence electrons. The number of nitrogens with zero attached hydrogens (tertiary/aromatic N) is 1. The Morgan fingerprint density at radius 1 is 1.14 bits per heavy atom. The van der Waals surface area contributed by atoms with Crippen molar-refractivity contribution in [1.82, 2.24) is 4.31 Å². The fourth-order valence-electron chi connectivity index (χ4n) is 3.46. The van der Waals surface area contributed by atoms with E-state index in [0.29, 0.717) is 19.7 Å². The summed E-state index contributed by atoms with van der Waals surface area (Å²) in [5.74, 6) is 0. The van der Waals surface area contributed by atoms with E-state index in [4.69, 9.17) is 9.15 Å². The minimum atomic E-state index is -3.60. The van der Waals surface area contributed by atoms with Crippen molar-refractivity contribution in [2.24, 2.45) is 0 Å². The lowest BCUT2D eigenvalue weighted by Crippen LogP contribution is -2.50. The summed E-state index contributed by atoms with van der Waals surface area (Å²) in [4.78, 5) is 0. The molecule has 4 rings (SSSR count). The fourth-order valence-corrected chi connectivity index (χ4v) is 4.84. The van der Waals surface area contributed by atoms with E-state index in [2.05, 4.69) is 6.07 Å². The molecule has 1 aliphatic carbocycles. The van der Waals surface area contributed by atoms with Crippen LogP contribution in [0.4, 0.5) is 0 Å². The highest BCUT2D eigenvalue weighted by Crippen LogP contribution is 2.43. The van der Waals surface area contributed by atoms with E-state index in [1.807, 2.05) is 18.2 Å². The van der Waals surface area contributed by atoms with Crippen LogP contribution in [0.3, 0.4) is 0 Å². The lowest BCUT2D eigenvalue weighted by molar-refractivity contribution is -0.0935. The highest BCUT2D eigenvalue weighted by molar-refractivity contribution is 7.89. The van der Waals surface area contributed by atoms with Crippen molar-refractivity contribution in [3.05, 3.63) is 53.8 Å². The molecule has 1 aromatic heterocycles. The van der Waals surface area contributed by atoms with Crippen molar-refractivity contribution in [1.29, 1.82) is 0 Å². The van der Waals surface area contributed by atoms with Crippen LogP contribution in [0.5, 0.6) is 0 Å². The third-order valence-electron chi connectivity index (χ3n) is 4.55. The van der Waals surface area contributed by atoms with Crippen LogP contribution in [0.15, 0.2) is 52.2 Å². The van der Waals surface area contributed by atoms with Crippen molar-refractivity contribution < 1.29 is 17.6 Å². The van der Waals surface area contributed by atoms with Crippen molar-refractivity contribution in [3.63, 3.8) is 0 Å². The molecule has 0 bridgehead atoms. The van der Waals surface area contributed by atoms with Gasteiger partial charge in [0, 0.05) is 13.1 Å². The molecule has 1 spiro atoms. The number of fused-ring (bicyclic) bond motifs is 2. The summed E-state index contributed by atoms with van der Waals surface area (Å²) in [5, 5.41) is -0.00386. The maximum atomic E-state index is 12.7. The number of hydrogen-bond acceptors (Lipinski definition) is 4. The van der Waals surface area contributed by atoms with Gasteiger partial charge in [-0.2, -0.15) is 4.31 Å². The molecule has 1 fully saturated rings. The zero-order valence-electron chi connectivity index (χ0n) is 12.1. The van der Waals surface area contributed by atoms with E-state index in [-0.39, 0.29) is 5.09 Å². The summed E-state index contributed by atoms with van der Waals surface area (Å²) < 4.78 is 38.0. The molecular formula is C16H17NO4S. The van der Waals surface area contributed by atoms with Crippen LogP contribution in [0.25, 0.3) is 0 Å². The number of benzene rings is 1. The maximum Gasteiger partial charge on any atom is 0.276 e. The summed E-state index contributed by atoms with van der Waals surface area (Å²) >= 11 is 0. The molecule has 22 heavy (non-hydrogen) atoms. The SMILES string of the molecule is O=S(=O)(c1ccco1)N1CCO[C@]2(CCc3ccccc32)C1. The van der Waals surface area contributed by atoms with Crippen LogP contribution in [-0.2, 0) is 26.8 Å². The van der Waals surface area contributed by atoms with E-state index in [1.165, 1.54) is 22.2 Å². The number of furan rings is 1. The zero-order chi connectivity index (χ0) is 15.2. The lowest BCUT2D eigenvalue weighted by Gasteiger charge is -2.40. The molecule has 2 aliphatic rings. The molecule has 0 radical (unpaired) electrons. The largest absolute Gasteiger partial charge is 0.452 e. The molecule has 5 nitrogen and oxygen atoms in total. The molecule has 0 amide bonds. The molecule has 0 N–H and O–H groups in total. The lowest BCUT2D eigenvalue weighted by atomic mass is 9.94. The number of rotatable bonds is 2. The fraction of sp³-hybridized carbons (Fsp3) is 0.375. The third kappa shape index (κ3) is 2.02. The molecular weight excluding hydrogens is 302 g/mol. The Labute approximate surface area is 129 Å². The highest BCUT2D eigenvalue weighted by atomic mass is 32.2. The van der Waals surface area contributed by atoms with Gasteiger partial charge in [0.15, 0.2) is 0 Å². The van der Waals surface area contributed by atoms with E-state index in [1.54, 1.807) is 6.07 Å². The molecule has 1 aliphatic heterocycles. The molecule has 2 heterocycles. The Morgan fingerprint density at radius 3 is 2.82 bits per heavy atom. The minimum Gasteiger partial charge on any atom is -0.452 e. The van der Waals surface area contributed by atoms with Crippen molar-refractivity contribution in [3.8, 4) is 0 Å². The summed E-state index contributed by atoms with van der Waals surface area (Å²) in [7, 11) is -3.60. The summed E-state index contributed by atoms with van der Waals surface area (Å²) in [6.07, 6.45) is 3.12. The van der Waals surface area contributed by atoms with Gasteiger partial charge in [0.05, 0.1) is 12.9 Å². The first-order valence-electron chi connectivity index (χ1n) is 7.38. The minimum absolute atomic E-state index is 0.00386. The molecule has 1 aromatic carbocycles. The van der Waals surface area contributed by atoms with E-state index in [9.17, 15) is 8.42 Å². The Kier molecular flexibility index (Phi) is 3.14. The third-order valence-corrected chi connectivity index (χ3v) is 6.28. The van der Waals surface area contributed by atoms with Gasteiger partial charge >= 0.3 is 0 Å². The molecule has 6 heteroatoms.